The van der Waals surface area contributed by atoms with Crippen molar-refractivity contribution in [3.63, 3.8) is 0 Å². The van der Waals surface area contributed by atoms with Crippen LogP contribution < -0.4 is 5.32 Å². The molecule has 0 aliphatic carbocycles. The lowest BCUT2D eigenvalue weighted by Gasteiger charge is -2.07. The number of halogens is 1. The summed E-state index contributed by atoms with van der Waals surface area (Å²) in [7, 11) is 0. The highest BCUT2D eigenvalue weighted by Crippen LogP contribution is 2.15. The second kappa shape index (κ2) is 10.3. The number of hydrogen-bond donors (Lipinski definition) is 1. The first-order valence-corrected chi connectivity index (χ1v) is 8.98. The summed E-state index contributed by atoms with van der Waals surface area (Å²) >= 11 is 7.42. The highest BCUT2D eigenvalue weighted by molar-refractivity contribution is 7.99. The van der Waals surface area contributed by atoms with E-state index in [4.69, 9.17) is 16.3 Å². The molecule has 0 aliphatic heterocycles. The summed E-state index contributed by atoms with van der Waals surface area (Å²) in [6.07, 6.45) is 0. The van der Waals surface area contributed by atoms with Crippen molar-refractivity contribution in [3.05, 3.63) is 70.7 Å². The van der Waals surface area contributed by atoms with Gasteiger partial charge in [0.15, 0.2) is 0 Å². The fourth-order valence-corrected chi connectivity index (χ4v) is 2.86. The van der Waals surface area contributed by atoms with E-state index in [9.17, 15) is 4.79 Å². The predicted octanol–water partition coefficient (Wildman–Crippen LogP) is 3.91. The van der Waals surface area contributed by atoms with Crippen LogP contribution in [-0.2, 0) is 21.9 Å². The summed E-state index contributed by atoms with van der Waals surface area (Å²) in [5, 5.41) is 3.59. The van der Waals surface area contributed by atoms with E-state index in [1.165, 1.54) is 5.56 Å². The van der Waals surface area contributed by atoms with Gasteiger partial charge in [-0.3, -0.25) is 4.79 Å². The lowest BCUT2D eigenvalue weighted by Crippen LogP contribution is -2.28. The Hall–Kier alpha value is -1.49. The number of thioether (sulfide) groups is 1. The minimum absolute atomic E-state index is 0.0345. The fraction of sp³-hybridized carbons (Fsp3) is 0.278. The van der Waals surface area contributed by atoms with Gasteiger partial charge in [0.25, 0.3) is 0 Å². The molecule has 0 aromatic heterocycles. The van der Waals surface area contributed by atoms with Crippen molar-refractivity contribution in [2.24, 2.45) is 0 Å². The molecule has 23 heavy (non-hydrogen) atoms. The third-order valence-corrected chi connectivity index (χ3v) is 4.35. The van der Waals surface area contributed by atoms with Crippen LogP contribution in [0.5, 0.6) is 0 Å². The fourth-order valence-electron chi connectivity index (χ4n) is 1.92. The quantitative estimate of drug-likeness (QED) is 0.697. The van der Waals surface area contributed by atoms with Crippen LogP contribution in [0.4, 0.5) is 0 Å². The van der Waals surface area contributed by atoms with E-state index in [1.54, 1.807) is 11.8 Å². The molecule has 0 saturated heterocycles. The first-order chi connectivity index (χ1) is 11.2. The van der Waals surface area contributed by atoms with Crippen LogP contribution in [0, 0.1) is 0 Å². The van der Waals surface area contributed by atoms with Crippen LogP contribution in [-0.4, -0.2) is 24.8 Å². The number of benzene rings is 2. The van der Waals surface area contributed by atoms with Gasteiger partial charge >= 0.3 is 0 Å². The maximum atomic E-state index is 11.7. The maximum Gasteiger partial charge on any atom is 0.230 e. The highest BCUT2D eigenvalue weighted by atomic mass is 35.5. The number of hydrogen-bond acceptors (Lipinski definition) is 3. The molecule has 2 rings (SSSR count). The predicted molar refractivity (Wildman–Crippen MR) is 96.7 cm³/mol. The lowest BCUT2D eigenvalue weighted by atomic mass is 10.2. The van der Waals surface area contributed by atoms with Gasteiger partial charge in [-0.2, -0.15) is 0 Å². The molecule has 1 N–H and O–H groups in total. The molecule has 5 heteroatoms. The lowest BCUT2D eigenvalue weighted by molar-refractivity contribution is -0.118. The van der Waals surface area contributed by atoms with Crippen molar-refractivity contribution in [3.8, 4) is 0 Å². The Morgan fingerprint density at radius 2 is 1.78 bits per heavy atom. The van der Waals surface area contributed by atoms with Crippen molar-refractivity contribution in [1.29, 1.82) is 0 Å². The molecule has 0 radical (unpaired) electrons. The number of ether oxygens (including phenoxy) is 1. The van der Waals surface area contributed by atoms with Crippen LogP contribution in [0.2, 0.25) is 5.02 Å². The molecule has 0 heterocycles. The largest absolute Gasteiger partial charge is 0.375 e. The van der Waals surface area contributed by atoms with Gasteiger partial charge in [0.05, 0.1) is 19.0 Å². The Kier molecular flexibility index (Phi) is 8.01. The summed E-state index contributed by atoms with van der Waals surface area (Å²) in [5.41, 5.74) is 2.30. The molecule has 0 fully saturated rings. The zero-order chi connectivity index (χ0) is 16.3. The Morgan fingerprint density at radius 3 is 2.52 bits per heavy atom. The second-order valence-corrected chi connectivity index (χ2v) is 6.43. The van der Waals surface area contributed by atoms with Crippen LogP contribution in [0.3, 0.4) is 0 Å². The molecule has 1 amide bonds. The van der Waals surface area contributed by atoms with Gasteiger partial charge < -0.3 is 10.1 Å². The standard InChI is InChI=1S/C18H20ClNO2S/c19-17-8-6-16(7-9-17)13-23-14-18(21)20-10-11-22-12-15-4-2-1-3-5-15/h1-9H,10-14H2,(H,20,21). The van der Waals surface area contributed by atoms with Gasteiger partial charge in [-0.1, -0.05) is 54.1 Å². The molecular formula is C18H20ClNO2S. The number of rotatable bonds is 9. The van der Waals surface area contributed by atoms with E-state index in [0.717, 1.165) is 16.3 Å². The number of nitrogens with one attached hydrogen (secondary N) is 1. The molecule has 2 aromatic carbocycles. The van der Waals surface area contributed by atoms with Crippen molar-refractivity contribution >= 4 is 29.3 Å². The molecule has 3 nitrogen and oxygen atoms in total. The van der Waals surface area contributed by atoms with E-state index in [-0.39, 0.29) is 5.91 Å². The number of amides is 1. The SMILES string of the molecule is O=C(CSCc1ccc(Cl)cc1)NCCOCc1ccccc1. The second-order valence-electron chi connectivity index (χ2n) is 5.01. The molecular weight excluding hydrogens is 330 g/mol. The van der Waals surface area contributed by atoms with Gasteiger partial charge in [0, 0.05) is 17.3 Å². The molecule has 2 aromatic rings. The summed E-state index contributed by atoms with van der Waals surface area (Å²) < 4.78 is 5.52. The Labute approximate surface area is 146 Å². The third-order valence-electron chi connectivity index (χ3n) is 3.10. The van der Waals surface area contributed by atoms with Crippen molar-refractivity contribution in [2.75, 3.05) is 18.9 Å². The van der Waals surface area contributed by atoms with Gasteiger partial charge in [0.1, 0.15) is 0 Å². The molecule has 0 spiro atoms. The Morgan fingerprint density at radius 1 is 1.04 bits per heavy atom. The molecule has 0 bridgehead atoms. The van der Waals surface area contributed by atoms with Gasteiger partial charge in [-0.05, 0) is 23.3 Å². The zero-order valence-electron chi connectivity index (χ0n) is 12.8. The number of carbonyl (C=O) groups is 1. The summed E-state index contributed by atoms with van der Waals surface area (Å²) in [5.74, 6) is 1.28. The van der Waals surface area contributed by atoms with E-state index >= 15 is 0 Å². The summed E-state index contributed by atoms with van der Waals surface area (Å²) in [6.45, 7) is 1.62. The smallest absolute Gasteiger partial charge is 0.230 e. The van der Waals surface area contributed by atoms with Gasteiger partial charge in [-0.25, -0.2) is 0 Å². The van der Waals surface area contributed by atoms with E-state index in [0.29, 0.717) is 25.5 Å². The van der Waals surface area contributed by atoms with Crippen LogP contribution in [0.25, 0.3) is 0 Å². The van der Waals surface area contributed by atoms with Crippen molar-refractivity contribution in [2.45, 2.75) is 12.4 Å². The maximum absolute atomic E-state index is 11.7. The van der Waals surface area contributed by atoms with Crippen LogP contribution in [0.15, 0.2) is 54.6 Å². The van der Waals surface area contributed by atoms with Crippen molar-refractivity contribution in [1.82, 2.24) is 5.32 Å². The van der Waals surface area contributed by atoms with Gasteiger partial charge in [-0.15, -0.1) is 11.8 Å². The van der Waals surface area contributed by atoms with Crippen LogP contribution in [0.1, 0.15) is 11.1 Å². The molecule has 0 atom stereocenters. The minimum Gasteiger partial charge on any atom is -0.375 e. The normalized spacial score (nSPS) is 10.5. The average Bonchev–Trinajstić information content (AvgIpc) is 2.57. The van der Waals surface area contributed by atoms with E-state index in [2.05, 4.69) is 5.32 Å². The van der Waals surface area contributed by atoms with Gasteiger partial charge in [0.2, 0.25) is 5.91 Å². The monoisotopic (exact) mass is 349 g/mol. The zero-order valence-corrected chi connectivity index (χ0v) is 14.4. The minimum atomic E-state index is 0.0345. The van der Waals surface area contributed by atoms with E-state index in [1.807, 2.05) is 54.6 Å². The van der Waals surface area contributed by atoms with E-state index < -0.39 is 0 Å². The molecule has 122 valence electrons. The molecule has 0 aliphatic rings. The molecule has 0 saturated carbocycles. The Bertz CT molecular complexity index is 590. The first-order valence-electron chi connectivity index (χ1n) is 7.44. The number of carbonyl (C=O) groups excluding carboxylic acids is 1. The van der Waals surface area contributed by atoms with Crippen LogP contribution >= 0.6 is 23.4 Å². The Balaban J connectivity index is 1.51. The highest BCUT2D eigenvalue weighted by Gasteiger charge is 2.02. The third kappa shape index (κ3) is 7.55. The molecule has 0 unspecified atom stereocenters. The first kappa shape index (κ1) is 17.9. The topological polar surface area (TPSA) is 38.3 Å². The summed E-state index contributed by atoms with van der Waals surface area (Å²) in [6, 6.07) is 17.7. The van der Waals surface area contributed by atoms with Crippen molar-refractivity contribution < 1.29 is 9.53 Å². The average molecular weight is 350 g/mol. The summed E-state index contributed by atoms with van der Waals surface area (Å²) in [4.78, 5) is 11.7.